The lowest BCUT2D eigenvalue weighted by Gasteiger charge is -2.13. The molecule has 0 heterocycles. The summed E-state index contributed by atoms with van der Waals surface area (Å²) in [5, 5.41) is 0. The normalized spacial score (nSPS) is 11.5. The molecular weight excluding hydrogens is 276 g/mol. The van der Waals surface area contributed by atoms with Gasteiger partial charge in [-0.25, -0.2) is 0 Å². The number of benzene rings is 2. The highest BCUT2D eigenvalue weighted by Crippen LogP contribution is 2.21. The summed E-state index contributed by atoms with van der Waals surface area (Å²) in [5.74, 6) is -1.58. The smallest absolute Gasteiger partial charge is 0.321 e. The van der Waals surface area contributed by atoms with E-state index in [9.17, 15) is 9.59 Å². The van der Waals surface area contributed by atoms with E-state index >= 15 is 0 Å². The Labute approximate surface area is 130 Å². The number of hydrogen-bond donors (Lipinski definition) is 0. The molecule has 0 aliphatic heterocycles. The van der Waals surface area contributed by atoms with Crippen LogP contribution < -0.4 is 0 Å². The molecule has 0 amide bonds. The van der Waals surface area contributed by atoms with Crippen molar-refractivity contribution in [2.45, 2.75) is 18.8 Å². The lowest BCUT2D eigenvalue weighted by atomic mass is 9.96. The number of ether oxygens (including phenoxy) is 1. The summed E-state index contributed by atoms with van der Waals surface area (Å²) in [4.78, 5) is 24.1. The van der Waals surface area contributed by atoms with Crippen LogP contribution in [0.25, 0.3) is 0 Å². The van der Waals surface area contributed by atoms with E-state index in [1.54, 1.807) is 6.08 Å². The van der Waals surface area contributed by atoms with Gasteiger partial charge in [0, 0.05) is 0 Å². The van der Waals surface area contributed by atoms with E-state index in [0.29, 0.717) is 6.42 Å². The van der Waals surface area contributed by atoms with Gasteiger partial charge >= 0.3 is 11.9 Å². The number of carbonyl (C=O) groups excluding carboxylic acids is 2. The molecular formula is C19H18O3. The molecule has 0 aromatic heterocycles. The average Bonchev–Trinajstić information content (AvgIpc) is 2.54. The summed E-state index contributed by atoms with van der Waals surface area (Å²) in [7, 11) is 0. The number of allylic oxidation sites excluding steroid dienone is 1. The highest BCUT2D eigenvalue weighted by atomic mass is 16.6. The number of esters is 2. The maximum absolute atomic E-state index is 12.2. The lowest BCUT2D eigenvalue weighted by molar-refractivity contribution is -0.160. The zero-order valence-corrected chi connectivity index (χ0v) is 12.3. The topological polar surface area (TPSA) is 43.4 Å². The van der Waals surface area contributed by atoms with Crippen molar-refractivity contribution in [2.75, 3.05) is 0 Å². The second-order valence-corrected chi connectivity index (χ2v) is 4.94. The number of carbonyl (C=O) groups is 2. The molecule has 2 rings (SSSR count). The monoisotopic (exact) mass is 294 g/mol. The quantitative estimate of drug-likeness (QED) is 0.464. The van der Waals surface area contributed by atoms with Gasteiger partial charge in [0.1, 0.15) is 0 Å². The van der Waals surface area contributed by atoms with Crippen LogP contribution in [-0.2, 0) is 20.7 Å². The Morgan fingerprint density at radius 1 is 1.00 bits per heavy atom. The van der Waals surface area contributed by atoms with Gasteiger partial charge in [-0.1, -0.05) is 66.7 Å². The third kappa shape index (κ3) is 4.42. The predicted octanol–water partition coefficient (Wildman–Crippen LogP) is 3.66. The zero-order chi connectivity index (χ0) is 15.8. The average molecular weight is 294 g/mol. The van der Waals surface area contributed by atoms with Crippen LogP contribution in [0.3, 0.4) is 0 Å². The molecule has 2 aromatic carbocycles. The first-order valence-electron chi connectivity index (χ1n) is 7.15. The maximum atomic E-state index is 12.2. The summed E-state index contributed by atoms with van der Waals surface area (Å²) in [6.45, 7) is 3.66. The van der Waals surface area contributed by atoms with Crippen molar-refractivity contribution in [1.29, 1.82) is 0 Å². The van der Waals surface area contributed by atoms with Gasteiger partial charge in [0.2, 0.25) is 0 Å². The van der Waals surface area contributed by atoms with E-state index in [1.807, 2.05) is 60.7 Å². The SMILES string of the molecule is C=CCC(C(=O)OC(=O)Cc1ccccc1)c1ccccc1. The van der Waals surface area contributed by atoms with Crippen molar-refractivity contribution in [1.82, 2.24) is 0 Å². The highest BCUT2D eigenvalue weighted by molar-refractivity contribution is 5.90. The Bertz CT molecular complexity index is 632. The minimum absolute atomic E-state index is 0.0855. The second-order valence-electron chi connectivity index (χ2n) is 4.94. The van der Waals surface area contributed by atoms with Crippen molar-refractivity contribution in [3.63, 3.8) is 0 Å². The Balaban J connectivity index is 2.02. The molecule has 0 saturated carbocycles. The summed E-state index contributed by atoms with van der Waals surface area (Å²) in [5.41, 5.74) is 1.64. The van der Waals surface area contributed by atoms with Crippen molar-refractivity contribution >= 4 is 11.9 Å². The Kier molecular flexibility index (Phi) is 5.66. The molecule has 0 N–H and O–H groups in total. The zero-order valence-electron chi connectivity index (χ0n) is 12.3. The van der Waals surface area contributed by atoms with Gasteiger partial charge in [-0.05, 0) is 17.5 Å². The third-order valence-electron chi connectivity index (χ3n) is 3.29. The van der Waals surface area contributed by atoms with Crippen LogP contribution in [0.4, 0.5) is 0 Å². The van der Waals surface area contributed by atoms with Gasteiger partial charge in [-0.15, -0.1) is 6.58 Å². The molecule has 1 unspecified atom stereocenters. The predicted molar refractivity (Wildman–Crippen MR) is 85.2 cm³/mol. The highest BCUT2D eigenvalue weighted by Gasteiger charge is 2.23. The number of rotatable bonds is 6. The summed E-state index contributed by atoms with van der Waals surface area (Å²) >= 11 is 0. The van der Waals surface area contributed by atoms with Gasteiger partial charge in [-0.2, -0.15) is 0 Å². The fourth-order valence-electron chi connectivity index (χ4n) is 2.20. The van der Waals surface area contributed by atoms with Gasteiger partial charge in [0.25, 0.3) is 0 Å². The fraction of sp³-hybridized carbons (Fsp3) is 0.158. The molecule has 0 saturated heterocycles. The maximum Gasteiger partial charge on any atom is 0.321 e. The van der Waals surface area contributed by atoms with Crippen LogP contribution in [0.2, 0.25) is 0 Å². The van der Waals surface area contributed by atoms with E-state index < -0.39 is 17.9 Å². The molecule has 112 valence electrons. The molecule has 2 aromatic rings. The van der Waals surface area contributed by atoms with E-state index in [-0.39, 0.29) is 6.42 Å². The minimum atomic E-state index is -0.541. The van der Waals surface area contributed by atoms with Gasteiger partial charge in [0.05, 0.1) is 12.3 Å². The third-order valence-corrected chi connectivity index (χ3v) is 3.29. The van der Waals surface area contributed by atoms with Gasteiger partial charge in [-0.3, -0.25) is 9.59 Å². The molecule has 22 heavy (non-hydrogen) atoms. The molecule has 0 aliphatic rings. The minimum Gasteiger partial charge on any atom is -0.392 e. The van der Waals surface area contributed by atoms with E-state index in [4.69, 9.17) is 4.74 Å². The van der Waals surface area contributed by atoms with Crippen LogP contribution >= 0.6 is 0 Å². The summed E-state index contributed by atoms with van der Waals surface area (Å²) in [6.07, 6.45) is 2.17. The lowest BCUT2D eigenvalue weighted by Crippen LogP contribution is -2.20. The molecule has 1 atom stereocenters. The summed E-state index contributed by atoms with van der Waals surface area (Å²) in [6, 6.07) is 18.5. The Morgan fingerprint density at radius 3 is 2.18 bits per heavy atom. The van der Waals surface area contributed by atoms with Crippen molar-refractivity contribution in [3.8, 4) is 0 Å². The first-order valence-corrected chi connectivity index (χ1v) is 7.15. The standard InChI is InChI=1S/C19H18O3/c1-2-9-17(16-12-7-4-8-13-16)19(21)22-18(20)14-15-10-5-3-6-11-15/h2-8,10-13,17H,1,9,14H2. The Hall–Kier alpha value is -2.68. The van der Waals surface area contributed by atoms with Crippen molar-refractivity contribution in [3.05, 3.63) is 84.4 Å². The van der Waals surface area contributed by atoms with Crippen molar-refractivity contribution in [2.24, 2.45) is 0 Å². The van der Waals surface area contributed by atoms with Gasteiger partial charge in [0.15, 0.2) is 0 Å². The van der Waals surface area contributed by atoms with E-state index in [0.717, 1.165) is 11.1 Å². The van der Waals surface area contributed by atoms with Crippen molar-refractivity contribution < 1.29 is 14.3 Å². The Morgan fingerprint density at radius 2 is 1.59 bits per heavy atom. The second kappa shape index (κ2) is 7.93. The summed E-state index contributed by atoms with van der Waals surface area (Å²) < 4.78 is 5.00. The van der Waals surface area contributed by atoms with Crippen LogP contribution in [-0.4, -0.2) is 11.9 Å². The first-order chi connectivity index (χ1) is 10.7. The van der Waals surface area contributed by atoms with Crippen LogP contribution in [0.1, 0.15) is 23.5 Å². The van der Waals surface area contributed by atoms with E-state index in [2.05, 4.69) is 6.58 Å². The van der Waals surface area contributed by atoms with Crippen LogP contribution in [0.5, 0.6) is 0 Å². The van der Waals surface area contributed by atoms with E-state index in [1.165, 1.54) is 0 Å². The largest absolute Gasteiger partial charge is 0.392 e. The molecule has 3 nitrogen and oxygen atoms in total. The molecule has 0 radical (unpaired) electrons. The molecule has 0 bridgehead atoms. The molecule has 0 fully saturated rings. The van der Waals surface area contributed by atoms with Crippen LogP contribution in [0, 0.1) is 0 Å². The van der Waals surface area contributed by atoms with Gasteiger partial charge < -0.3 is 4.74 Å². The first kappa shape index (κ1) is 15.7. The fourth-order valence-corrected chi connectivity index (χ4v) is 2.20. The molecule has 0 spiro atoms. The molecule has 3 heteroatoms. The number of hydrogen-bond acceptors (Lipinski definition) is 3. The molecule has 0 aliphatic carbocycles. The van der Waals surface area contributed by atoms with Crippen LogP contribution in [0.15, 0.2) is 73.3 Å².